The Morgan fingerprint density at radius 2 is 1.63 bits per heavy atom. The van der Waals surface area contributed by atoms with E-state index < -0.39 is 29.4 Å². The topological polar surface area (TPSA) is 49.7 Å². The van der Waals surface area contributed by atoms with E-state index in [0.717, 1.165) is 23.4 Å². The van der Waals surface area contributed by atoms with Gasteiger partial charge < -0.3 is 4.90 Å². The summed E-state index contributed by atoms with van der Waals surface area (Å²) in [7, 11) is 0. The van der Waals surface area contributed by atoms with E-state index in [2.05, 4.69) is 0 Å². The number of anilines is 1. The first-order chi connectivity index (χ1) is 16.5. The fraction of sp³-hybridized carbons (Fsp3) is 0.348. The Bertz CT molecular complexity index is 1060. The minimum atomic E-state index is -6.00. The molecule has 1 amide bonds. The fourth-order valence-electron chi connectivity index (χ4n) is 3.34. The van der Waals surface area contributed by atoms with Crippen LogP contribution in [0.3, 0.4) is 0 Å². The second-order valence-electron chi connectivity index (χ2n) is 6.91. The maximum absolute atomic E-state index is 13.5. The van der Waals surface area contributed by atoms with Crippen molar-refractivity contribution in [1.82, 2.24) is 0 Å². The largest absolute Gasteiger partial charge is 0.430 e. The van der Waals surface area contributed by atoms with Crippen LogP contribution in [-0.2, 0) is 10.3 Å². The number of carbonyl (C=O) groups excluding carboxylic acids is 1. The number of fused-ring (bicyclic) bond motifs is 1. The summed E-state index contributed by atoms with van der Waals surface area (Å²) in [5.74, 6) is -0.193. The zero-order valence-electron chi connectivity index (χ0n) is 18.9. The third-order valence-electron chi connectivity index (χ3n) is 4.97. The molecule has 0 N–H and O–H groups in total. The van der Waals surface area contributed by atoms with Crippen molar-refractivity contribution in [3.63, 3.8) is 0 Å². The van der Waals surface area contributed by atoms with Gasteiger partial charge in [-0.1, -0.05) is 50.2 Å². The second-order valence-corrected chi connectivity index (χ2v) is 8.89. The lowest BCUT2D eigenvalue weighted by Crippen LogP contribution is -2.52. The predicted octanol–water partition coefficient (Wildman–Crippen LogP) is 7.64. The Balaban J connectivity index is 0.00000210. The first-order valence-electron chi connectivity index (χ1n) is 10.3. The van der Waals surface area contributed by atoms with Crippen LogP contribution in [0.4, 0.5) is 32.0 Å². The molecule has 0 fully saturated rings. The number of nitroso groups, excluding NO2 is 1. The number of amides is 1. The second kappa shape index (κ2) is 11.5. The Morgan fingerprint density at radius 3 is 2.14 bits per heavy atom. The van der Waals surface area contributed by atoms with Gasteiger partial charge in [-0.25, -0.2) is 0 Å². The highest BCUT2D eigenvalue weighted by Gasteiger charge is 2.74. The highest BCUT2D eigenvalue weighted by Crippen LogP contribution is 2.54. The molecule has 0 saturated heterocycles. The Labute approximate surface area is 207 Å². The van der Waals surface area contributed by atoms with E-state index in [1.807, 2.05) is 19.9 Å². The molecule has 1 heterocycles. The van der Waals surface area contributed by atoms with Crippen LogP contribution in [-0.4, -0.2) is 36.8 Å². The van der Waals surface area contributed by atoms with E-state index >= 15 is 0 Å². The van der Waals surface area contributed by atoms with Crippen molar-refractivity contribution in [1.29, 1.82) is 0 Å². The van der Waals surface area contributed by atoms with Crippen LogP contribution in [0.2, 0.25) is 0 Å². The third-order valence-corrected chi connectivity index (χ3v) is 6.73. The smallest absolute Gasteiger partial charge is 0.306 e. The molecule has 0 unspecified atom stereocenters. The van der Waals surface area contributed by atoms with E-state index in [1.54, 1.807) is 36.6 Å². The number of hydrogen-bond acceptors (Lipinski definition) is 5. The summed E-state index contributed by atoms with van der Waals surface area (Å²) in [5, 5.41) is 1.52. The quantitative estimate of drug-likeness (QED) is 0.224. The molecule has 3 rings (SSSR count). The minimum absolute atomic E-state index is 0.0220. The van der Waals surface area contributed by atoms with E-state index in [9.17, 15) is 36.0 Å². The number of carbonyl (C=O) groups is 1. The zero-order chi connectivity index (χ0) is 26.4. The summed E-state index contributed by atoms with van der Waals surface area (Å²) in [6.07, 6.45) is -8.66. The number of hydrogen-bond donors (Lipinski definition) is 0. The van der Waals surface area contributed by atoms with E-state index in [-0.39, 0.29) is 22.9 Å². The van der Waals surface area contributed by atoms with Gasteiger partial charge in [0.15, 0.2) is 0 Å². The first-order valence-corrected chi connectivity index (χ1v) is 12.5. The molecule has 12 heteroatoms. The van der Waals surface area contributed by atoms with Gasteiger partial charge in [-0.2, -0.15) is 26.3 Å². The maximum Gasteiger partial charge on any atom is 0.430 e. The molecule has 2 aromatic carbocycles. The van der Waals surface area contributed by atoms with Gasteiger partial charge >= 0.3 is 17.9 Å². The standard InChI is InChI=1S/C21H16F6N2O2S2.C2H6/c1-32-17(11-13-5-3-2-4-6-13)18(30)29-9-10-33-16-12-14(7-8-15(16)29)19(28-31,20(22,23)24)21(25,26)27;1-2/h2-8,11-12H,9-10H2,1H3;1-2H3/b17-11-;. The molecule has 0 atom stereocenters. The molecular formula is C23H22F6N2O2S2. The maximum atomic E-state index is 13.5. The molecular weight excluding hydrogens is 514 g/mol. The molecule has 1 aliphatic rings. The molecule has 190 valence electrons. The van der Waals surface area contributed by atoms with Gasteiger partial charge in [0, 0.05) is 22.8 Å². The van der Waals surface area contributed by atoms with Crippen LogP contribution in [0.15, 0.2) is 63.5 Å². The van der Waals surface area contributed by atoms with Crippen molar-refractivity contribution in [2.24, 2.45) is 5.18 Å². The van der Waals surface area contributed by atoms with Gasteiger partial charge in [-0.15, -0.1) is 28.4 Å². The summed E-state index contributed by atoms with van der Waals surface area (Å²) in [4.78, 5) is 25.8. The molecule has 0 saturated carbocycles. The van der Waals surface area contributed by atoms with E-state index in [0.29, 0.717) is 17.0 Å². The van der Waals surface area contributed by atoms with Crippen LogP contribution < -0.4 is 4.90 Å². The molecule has 1 aliphatic heterocycles. The predicted molar refractivity (Wildman–Crippen MR) is 128 cm³/mol. The monoisotopic (exact) mass is 536 g/mol. The summed E-state index contributed by atoms with van der Waals surface area (Å²) >= 11 is 2.16. The van der Waals surface area contributed by atoms with Crippen LogP contribution in [0.5, 0.6) is 0 Å². The summed E-state index contributed by atoms with van der Waals surface area (Å²) in [6.45, 7) is 4.21. The van der Waals surface area contributed by atoms with Crippen LogP contribution in [0, 0.1) is 4.91 Å². The zero-order valence-corrected chi connectivity index (χ0v) is 20.5. The molecule has 0 aromatic heterocycles. The number of halogens is 6. The molecule has 0 bridgehead atoms. The van der Waals surface area contributed by atoms with Crippen LogP contribution in [0.25, 0.3) is 6.08 Å². The number of nitrogens with zero attached hydrogens (tertiary/aromatic N) is 2. The van der Waals surface area contributed by atoms with Crippen molar-refractivity contribution in [2.75, 3.05) is 23.5 Å². The lowest BCUT2D eigenvalue weighted by Gasteiger charge is -2.34. The van der Waals surface area contributed by atoms with Gasteiger partial charge in [-0.3, -0.25) is 4.79 Å². The lowest BCUT2D eigenvalue weighted by atomic mass is 9.89. The molecule has 35 heavy (non-hydrogen) atoms. The Kier molecular flexibility index (Phi) is 9.46. The number of alkyl halides is 6. The molecule has 0 radical (unpaired) electrons. The highest BCUT2D eigenvalue weighted by atomic mass is 32.2. The van der Waals surface area contributed by atoms with Crippen LogP contribution >= 0.6 is 23.5 Å². The lowest BCUT2D eigenvalue weighted by molar-refractivity contribution is -0.301. The van der Waals surface area contributed by atoms with Gasteiger partial charge in [0.2, 0.25) is 0 Å². The van der Waals surface area contributed by atoms with Gasteiger partial charge in [-0.05, 0) is 35.2 Å². The summed E-state index contributed by atoms with van der Waals surface area (Å²) in [5.41, 5.74) is -5.33. The SMILES string of the molecule is CC.CS/C(=C\c1ccccc1)C(=O)N1CCSc2cc(C(N=O)(C(F)(F)F)C(F)(F)F)ccc21. The highest BCUT2D eigenvalue weighted by molar-refractivity contribution is 8.03. The summed E-state index contributed by atoms with van der Waals surface area (Å²) < 4.78 is 80.7. The van der Waals surface area contributed by atoms with Gasteiger partial charge in [0.1, 0.15) is 0 Å². The van der Waals surface area contributed by atoms with Crippen molar-refractivity contribution < 1.29 is 31.1 Å². The number of benzene rings is 2. The average molecular weight is 537 g/mol. The van der Waals surface area contributed by atoms with Gasteiger partial charge in [0.05, 0.1) is 10.6 Å². The first kappa shape index (κ1) is 28.8. The normalized spacial score (nSPS) is 14.5. The average Bonchev–Trinajstić information content (AvgIpc) is 2.82. The van der Waals surface area contributed by atoms with Crippen LogP contribution in [0.1, 0.15) is 25.0 Å². The van der Waals surface area contributed by atoms with E-state index in [1.165, 1.54) is 21.8 Å². The van der Waals surface area contributed by atoms with Crippen molar-refractivity contribution in [3.05, 3.63) is 69.5 Å². The number of rotatable bonds is 5. The van der Waals surface area contributed by atoms with Crippen molar-refractivity contribution in [3.8, 4) is 0 Å². The molecule has 0 spiro atoms. The fourth-order valence-corrected chi connectivity index (χ4v) is 4.91. The van der Waals surface area contributed by atoms with Gasteiger partial charge in [0.25, 0.3) is 5.91 Å². The van der Waals surface area contributed by atoms with Crippen molar-refractivity contribution >= 4 is 41.2 Å². The Hall–Kier alpha value is -2.47. The third kappa shape index (κ3) is 5.69. The molecule has 0 aliphatic carbocycles. The summed E-state index contributed by atoms with van der Waals surface area (Å²) in [6, 6.07) is 11.1. The Morgan fingerprint density at radius 1 is 1.03 bits per heavy atom. The number of thioether (sulfide) groups is 2. The molecule has 2 aromatic rings. The molecule has 4 nitrogen and oxygen atoms in total. The minimum Gasteiger partial charge on any atom is -0.306 e. The van der Waals surface area contributed by atoms with E-state index in [4.69, 9.17) is 0 Å². The van der Waals surface area contributed by atoms with Crippen molar-refractivity contribution in [2.45, 2.75) is 36.6 Å².